The van der Waals surface area contributed by atoms with Crippen LogP contribution in [0.5, 0.6) is 0 Å². The molecule has 0 radical (unpaired) electrons. The largest absolute Gasteiger partial charge is 0.379 e. The average molecular weight is 248 g/mol. The second-order valence-corrected chi connectivity index (χ2v) is 5.18. The van der Waals surface area contributed by atoms with Gasteiger partial charge < -0.3 is 5.32 Å². The maximum Gasteiger partial charge on any atom is 0.133 e. The zero-order valence-corrected chi connectivity index (χ0v) is 10.8. The molecule has 0 fully saturated rings. The van der Waals surface area contributed by atoms with Crippen LogP contribution in [0.2, 0.25) is 0 Å². The van der Waals surface area contributed by atoms with Crippen molar-refractivity contribution in [3.63, 3.8) is 0 Å². The Hall–Kier alpha value is -1.60. The number of nitrogens with zero attached hydrogens (tertiary/aromatic N) is 1. The van der Waals surface area contributed by atoms with E-state index >= 15 is 0 Å². The SMILES string of the molecule is CNc1sc2c(C(C)C)ccc(F)c2c1C#N. The van der Waals surface area contributed by atoms with E-state index in [9.17, 15) is 4.39 Å². The first-order chi connectivity index (χ1) is 8.10. The standard InChI is InChI=1S/C13H13FN2S/c1-7(2)8-4-5-10(14)11-9(6-15)13(16-3)17-12(8)11/h4-5,7,16H,1-3H3. The molecule has 1 aromatic carbocycles. The third kappa shape index (κ3) is 1.77. The molecule has 0 atom stereocenters. The quantitative estimate of drug-likeness (QED) is 0.869. The first-order valence-electron chi connectivity index (χ1n) is 5.42. The molecule has 4 heteroatoms. The summed E-state index contributed by atoms with van der Waals surface area (Å²) in [5.74, 6) is -0.00769. The predicted octanol–water partition coefficient (Wildman–Crippen LogP) is 4.08. The highest BCUT2D eigenvalue weighted by Gasteiger charge is 2.18. The Labute approximate surface area is 104 Å². The molecule has 0 aliphatic rings. The smallest absolute Gasteiger partial charge is 0.133 e. The normalized spacial score (nSPS) is 10.8. The summed E-state index contributed by atoms with van der Waals surface area (Å²) >= 11 is 1.44. The maximum atomic E-state index is 13.9. The van der Waals surface area contributed by atoms with Crippen LogP contribution in [0.3, 0.4) is 0 Å². The van der Waals surface area contributed by atoms with Crippen molar-refractivity contribution in [3.8, 4) is 6.07 Å². The number of hydrogen-bond donors (Lipinski definition) is 1. The minimum absolute atomic E-state index is 0.313. The molecule has 0 aliphatic heterocycles. The van der Waals surface area contributed by atoms with E-state index in [-0.39, 0.29) is 5.82 Å². The second-order valence-electron chi connectivity index (χ2n) is 4.16. The predicted molar refractivity (Wildman–Crippen MR) is 70.1 cm³/mol. The van der Waals surface area contributed by atoms with Crippen LogP contribution in [0.4, 0.5) is 9.39 Å². The minimum atomic E-state index is -0.321. The molecule has 0 spiro atoms. The van der Waals surface area contributed by atoms with E-state index in [1.807, 2.05) is 0 Å². The molecule has 0 aliphatic carbocycles. The molecular formula is C13H13FN2S. The zero-order valence-electron chi connectivity index (χ0n) is 9.97. The van der Waals surface area contributed by atoms with Crippen LogP contribution in [-0.4, -0.2) is 7.05 Å². The van der Waals surface area contributed by atoms with Crippen molar-refractivity contribution < 1.29 is 4.39 Å². The van der Waals surface area contributed by atoms with Gasteiger partial charge in [0, 0.05) is 17.1 Å². The van der Waals surface area contributed by atoms with Crippen molar-refractivity contribution in [2.45, 2.75) is 19.8 Å². The van der Waals surface area contributed by atoms with Gasteiger partial charge in [0.25, 0.3) is 0 Å². The Morgan fingerprint density at radius 2 is 2.12 bits per heavy atom. The molecule has 0 unspecified atom stereocenters. The van der Waals surface area contributed by atoms with E-state index in [0.717, 1.165) is 15.3 Å². The summed E-state index contributed by atoms with van der Waals surface area (Å²) in [5.41, 5.74) is 1.50. The molecule has 88 valence electrons. The average Bonchev–Trinajstić information content (AvgIpc) is 2.68. The van der Waals surface area contributed by atoms with E-state index in [1.54, 1.807) is 13.1 Å². The van der Waals surface area contributed by atoms with E-state index in [0.29, 0.717) is 16.9 Å². The summed E-state index contributed by atoms with van der Waals surface area (Å²) < 4.78 is 14.7. The van der Waals surface area contributed by atoms with Crippen LogP contribution in [0.1, 0.15) is 30.9 Å². The lowest BCUT2D eigenvalue weighted by atomic mass is 10.0. The lowest BCUT2D eigenvalue weighted by Crippen LogP contribution is -1.90. The Kier molecular flexibility index (Phi) is 3.03. The van der Waals surface area contributed by atoms with Crippen LogP contribution < -0.4 is 5.32 Å². The van der Waals surface area contributed by atoms with Crippen LogP contribution >= 0.6 is 11.3 Å². The summed E-state index contributed by atoms with van der Waals surface area (Å²) in [6, 6.07) is 5.34. The molecule has 0 amide bonds. The van der Waals surface area contributed by atoms with Gasteiger partial charge in [-0.05, 0) is 17.5 Å². The summed E-state index contributed by atoms with van der Waals surface area (Å²) in [7, 11) is 1.75. The summed E-state index contributed by atoms with van der Waals surface area (Å²) in [6.07, 6.45) is 0. The Bertz CT molecular complexity index is 608. The Morgan fingerprint density at radius 1 is 1.41 bits per heavy atom. The van der Waals surface area contributed by atoms with E-state index in [4.69, 9.17) is 5.26 Å². The number of nitrogens with one attached hydrogen (secondary N) is 1. The van der Waals surface area contributed by atoms with Gasteiger partial charge in [-0.25, -0.2) is 4.39 Å². The molecule has 0 bridgehead atoms. The molecule has 17 heavy (non-hydrogen) atoms. The summed E-state index contributed by atoms with van der Waals surface area (Å²) in [5, 5.41) is 13.3. The number of nitriles is 1. The zero-order chi connectivity index (χ0) is 12.6. The van der Waals surface area contributed by atoms with Crippen molar-refractivity contribution in [2.75, 3.05) is 12.4 Å². The van der Waals surface area contributed by atoms with Crippen molar-refractivity contribution >= 4 is 26.4 Å². The lowest BCUT2D eigenvalue weighted by molar-refractivity contribution is 0.639. The highest BCUT2D eigenvalue weighted by Crippen LogP contribution is 2.40. The van der Waals surface area contributed by atoms with Gasteiger partial charge in [-0.1, -0.05) is 19.9 Å². The second kappa shape index (κ2) is 4.34. The van der Waals surface area contributed by atoms with Crippen LogP contribution in [-0.2, 0) is 0 Å². The fourth-order valence-electron chi connectivity index (χ4n) is 1.92. The van der Waals surface area contributed by atoms with Gasteiger partial charge >= 0.3 is 0 Å². The van der Waals surface area contributed by atoms with E-state index in [2.05, 4.69) is 25.2 Å². The topological polar surface area (TPSA) is 35.8 Å². The molecule has 0 saturated heterocycles. The van der Waals surface area contributed by atoms with E-state index in [1.165, 1.54) is 17.4 Å². The monoisotopic (exact) mass is 248 g/mol. The number of anilines is 1. The molecule has 0 saturated carbocycles. The van der Waals surface area contributed by atoms with Crippen molar-refractivity contribution in [1.82, 2.24) is 0 Å². The number of fused-ring (bicyclic) bond motifs is 1. The number of halogens is 1. The van der Waals surface area contributed by atoms with Gasteiger partial charge in [0.05, 0.1) is 5.56 Å². The van der Waals surface area contributed by atoms with Crippen LogP contribution in [0.25, 0.3) is 10.1 Å². The minimum Gasteiger partial charge on any atom is -0.379 e. The van der Waals surface area contributed by atoms with Crippen molar-refractivity contribution in [2.24, 2.45) is 0 Å². The van der Waals surface area contributed by atoms with Gasteiger partial charge in [-0.15, -0.1) is 11.3 Å². The molecule has 2 aromatic rings. The third-order valence-corrected chi connectivity index (χ3v) is 4.04. The summed E-state index contributed by atoms with van der Waals surface area (Å²) in [6.45, 7) is 4.13. The Morgan fingerprint density at radius 3 is 2.65 bits per heavy atom. The molecule has 1 heterocycles. The third-order valence-electron chi connectivity index (χ3n) is 2.78. The summed E-state index contributed by atoms with van der Waals surface area (Å²) in [4.78, 5) is 0. The first-order valence-corrected chi connectivity index (χ1v) is 6.24. The number of hydrogen-bond acceptors (Lipinski definition) is 3. The fraction of sp³-hybridized carbons (Fsp3) is 0.308. The van der Waals surface area contributed by atoms with Crippen molar-refractivity contribution in [1.29, 1.82) is 5.26 Å². The van der Waals surface area contributed by atoms with Crippen LogP contribution in [0.15, 0.2) is 12.1 Å². The number of rotatable bonds is 2. The molecular weight excluding hydrogens is 235 g/mol. The van der Waals surface area contributed by atoms with Gasteiger partial charge in [-0.2, -0.15) is 5.26 Å². The Balaban J connectivity index is 2.90. The van der Waals surface area contributed by atoms with E-state index < -0.39 is 0 Å². The number of benzene rings is 1. The maximum absolute atomic E-state index is 13.9. The van der Waals surface area contributed by atoms with Gasteiger partial charge in [0.15, 0.2) is 0 Å². The first kappa shape index (κ1) is 11.9. The van der Waals surface area contributed by atoms with Gasteiger partial charge in [0.2, 0.25) is 0 Å². The molecule has 2 rings (SSSR count). The van der Waals surface area contributed by atoms with Gasteiger partial charge in [-0.3, -0.25) is 0 Å². The fourth-order valence-corrected chi connectivity index (χ4v) is 3.20. The molecule has 2 nitrogen and oxygen atoms in total. The highest BCUT2D eigenvalue weighted by atomic mass is 32.1. The molecule has 1 N–H and O–H groups in total. The lowest BCUT2D eigenvalue weighted by Gasteiger charge is -2.06. The van der Waals surface area contributed by atoms with Gasteiger partial charge in [0.1, 0.15) is 16.9 Å². The van der Waals surface area contributed by atoms with Crippen molar-refractivity contribution in [3.05, 3.63) is 29.1 Å². The molecule has 1 aromatic heterocycles. The highest BCUT2D eigenvalue weighted by molar-refractivity contribution is 7.23. The van der Waals surface area contributed by atoms with Crippen LogP contribution in [0, 0.1) is 17.1 Å². The number of thiophene rings is 1.